The third kappa shape index (κ3) is 2.89. The standard InChI is InChI=1S/C9H7BrF3NO3/c10-4-1-3(9(11,12)13)2-5(15)6(4)7(14)8(16)17/h1-2,7,15H,14H2,(H,16,17). The summed E-state index contributed by atoms with van der Waals surface area (Å²) in [5.74, 6) is -2.28. The van der Waals surface area contributed by atoms with Crippen molar-refractivity contribution in [2.24, 2.45) is 5.73 Å². The zero-order valence-corrected chi connectivity index (χ0v) is 9.71. The maximum atomic E-state index is 12.4. The molecule has 1 unspecified atom stereocenters. The third-order valence-corrected chi connectivity index (χ3v) is 2.67. The highest BCUT2D eigenvalue weighted by atomic mass is 79.9. The molecule has 0 fully saturated rings. The highest BCUT2D eigenvalue weighted by molar-refractivity contribution is 9.10. The van der Waals surface area contributed by atoms with Crippen LogP contribution in [0.4, 0.5) is 13.2 Å². The number of benzene rings is 1. The van der Waals surface area contributed by atoms with Gasteiger partial charge in [-0.2, -0.15) is 13.2 Å². The number of carboxylic acid groups (broad SMARTS) is 1. The molecule has 1 aromatic carbocycles. The maximum Gasteiger partial charge on any atom is 0.416 e. The Kier molecular flexibility index (Phi) is 3.68. The summed E-state index contributed by atoms with van der Waals surface area (Å²) in [5, 5.41) is 18.0. The Morgan fingerprint density at radius 2 is 1.94 bits per heavy atom. The number of nitrogens with two attached hydrogens (primary N) is 1. The molecule has 0 saturated heterocycles. The lowest BCUT2D eigenvalue weighted by molar-refractivity contribution is -0.138. The second kappa shape index (κ2) is 4.53. The van der Waals surface area contributed by atoms with Gasteiger partial charge in [-0.05, 0) is 12.1 Å². The monoisotopic (exact) mass is 313 g/mol. The molecule has 94 valence electrons. The third-order valence-electron chi connectivity index (χ3n) is 2.01. The predicted molar refractivity (Wildman–Crippen MR) is 55.4 cm³/mol. The summed E-state index contributed by atoms with van der Waals surface area (Å²) in [6, 6.07) is -0.507. The van der Waals surface area contributed by atoms with Crippen molar-refractivity contribution in [3.05, 3.63) is 27.7 Å². The fourth-order valence-corrected chi connectivity index (χ4v) is 1.89. The van der Waals surface area contributed by atoms with Crippen LogP contribution in [0.15, 0.2) is 16.6 Å². The normalized spacial score (nSPS) is 13.5. The van der Waals surface area contributed by atoms with E-state index in [0.29, 0.717) is 12.1 Å². The van der Waals surface area contributed by atoms with E-state index in [9.17, 15) is 23.1 Å². The molecule has 1 rings (SSSR count). The molecule has 0 aliphatic carbocycles. The van der Waals surface area contributed by atoms with E-state index >= 15 is 0 Å². The molecular formula is C9H7BrF3NO3. The Morgan fingerprint density at radius 3 is 2.29 bits per heavy atom. The zero-order valence-electron chi connectivity index (χ0n) is 8.12. The van der Waals surface area contributed by atoms with Gasteiger partial charge in [0.25, 0.3) is 0 Å². The second-order valence-corrected chi connectivity index (χ2v) is 4.06. The van der Waals surface area contributed by atoms with Gasteiger partial charge in [0.2, 0.25) is 0 Å². The van der Waals surface area contributed by atoms with E-state index < -0.39 is 29.5 Å². The Bertz CT molecular complexity index is 438. The molecule has 0 saturated carbocycles. The highest BCUT2D eigenvalue weighted by Gasteiger charge is 2.33. The van der Waals surface area contributed by atoms with Crippen molar-refractivity contribution in [1.82, 2.24) is 0 Å². The van der Waals surface area contributed by atoms with Crippen molar-refractivity contribution < 1.29 is 28.2 Å². The van der Waals surface area contributed by atoms with Crippen LogP contribution in [0.5, 0.6) is 5.75 Å². The van der Waals surface area contributed by atoms with Gasteiger partial charge in [0.05, 0.1) is 5.56 Å². The summed E-state index contributed by atoms with van der Waals surface area (Å²) in [6.45, 7) is 0. The van der Waals surface area contributed by atoms with Crippen molar-refractivity contribution in [3.63, 3.8) is 0 Å². The minimum absolute atomic E-state index is 0.209. The number of hydrogen-bond acceptors (Lipinski definition) is 3. The Labute approximate surface area is 102 Å². The molecule has 0 aliphatic heterocycles. The topological polar surface area (TPSA) is 83.6 Å². The Balaban J connectivity index is 3.34. The molecule has 8 heteroatoms. The highest BCUT2D eigenvalue weighted by Crippen LogP contribution is 2.38. The van der Waals surface area contributed by atoms with Crippen molar-refractivity contribution in [2.75, 3.05) is 0 Å². The predicted octanol–water partition coefficient (Wildman–Crippen LogP) is 2.26. The summed E-state index contributed by atoms with van der Waals surface area (Å²) in [6.07, 6.45) is -4.63. The number of aliphatic carboxylic acids is 1. The van der Waals surface area contributed by atoms with Gasteiger partial charge in [0, 0.05) is 10.0 Å². The van der Waals surface area contributed by atoms with E-state index in [2.05, 4.69) is 15.9 Å². The van der Waals surface area contributed by atoms with Gasteiger partial charge in [0.1, 0.15) is 11.8 Å². The van der Waals surface area contributed by atoms with Crippen LogP contribution in [0.25, 0.3) is 0 Å². The molecule has 0 aromatic heterocycles. The van der Waals surface area contributed by atoms with Crippen LogP contribution in [0.3, 0.4) is 0 Å². The van der Waals surface area contributed by atoms with E-state index in [1.807, 2.05) is 0 Å². The molecule has 0 aliphatic rings. The number of aromatic hydroxyl groups is 1. The fourth-order valence-electron chi connectivity index (χ4n) is 1.20. The SMILES string of the molecule is NC(C(=O)O)c1c(O)cc(C(F)(F)F)cc1Br. The molecular weight excluding hydrogens is 307 g/mol. The van der Waals surface area contributed by atoms with Crippen molar-refractivity contribution >= 4 is 21.9 Å². The number of carboxylic acids is 1. The lowest BCUT2D eigenvalue weighted by atomic mass is 10.0. The van der Waals surface area contributed by atoms with Crippen LogP contribution in [0, 0.1) is 0 Å². The Hall–Kier alpha value is -1.28. The van der Waals surface area contributed by atoms with Crippen LogP contribution in [-0.4, -0.2) is 16.2 Å². The maximum absolute atomic E-state index is 12.4. The van der Waals surface area contributed by atoms with E-state index in [0.717, 1.165) is 0 Å². The van der Waals surface area contributed by atoms with Gasteiger partial charge in [-0.3, -0.25) is 4.79 Å². The number of hydrogen-bond donors (Lipinski definition) is 3. The lowest BCUT2D eigenvalue weighted by Crippen LogP contribution is -2.21. The lowest BCUT2D eigenvalue weighted by Gasteiger charge is -2.14. The first kappa shape index (κ1) is 13.8. The number of rotatable bonds is 2. The number of carbonyl (C=O) groups is 1. The molecule has 4 nitrogen and oxygen atoms in total. The molecule has 0 heterocycles. The average molecular weight is 314 g/mol. The number of halogens is 4. The van der Waals surface area contributed by atoms with E-state index in [4.69, 9.17) is 10.8 Å². The van der Waals surface area contributed by atoms with Gasteiger partial charge in [-0.25, -0.2) is 0 Å². The first-order chi connectivity index (χ1) is 7.64. The molecule has 0 radical (unpaired) electrons. The van der Waals surface area contributed by atoms with Gasteiger partial charge in [-0.1, -0.05) is 15.9 Å². The molecule has 17 heavy (non-hydrogen) atoms. The van der Waals surface area contributed by atoms with E-state index in [1.165, 1.54) is 0 Å². The Morgan fingerprint density at radius 1 is 1.41 bits per heavy atom. The van der Waals surface area contributed by atoms with Crippen LogP contribution in [0.2, 0.25) is 0 Å². The van der Waals surface area contributed by atoms with E-state index in [1.54, 1.807) is 0 Å². The van der Waals surface area contributed by atoms with Crippen LogP contribution < -0.4 is 5.73 Å². The minimum atomic E-state index is -4.63. The van der Waals surface area contributed by atoms with Crippen molar-refractivity contribution in [3.8, 4) is 5.75 Å². The number of phenols is 1. The summed E-state index contributed by atoms with van der Waals surface area (Å²) < 4.78 is 36.9. The first-order valence-electron chi connectivity index (χ1n) is 4.22. The largest absolute Gasteiger partial charge is 0.508 e. The summed E-state index contributed by atoms with van der Waals surface area (Å²) in [5.41, 5.74) is 3.83. The summed E-state index contributed by atoms with van der Waals surface area (Å²) >= 11 is 2.76. The fraction of sp³-hybridized carbons (Fsp3) is 0.222. The van der Waals surface area contributed by atoms with Crippen LogP contribution >= 0.6 is 15.9 Å². The van der Waals surface area contributed by atoms with E-state index in [-0.39, 0.29) is 10.0 Å². The van der Waals surface area contributed by atoms with Crippen molar-refractivity contribution in [2.45, 2.75) is 12.2 Å². The van der Waals surface area contributed by atoms with Gasteiger partial charge in [-0.15, -0.1) is 0 Å². The molecule has 1 aromatic rings. The first-order valence-corrected chi connectivity index (χ1v) is 5.02. The molecule has 0 bridgehead atoms. The van der Waals surface area contributed by atoms with Gasteiger partial charge >= 0.3 is 12.1 Å². The molecule has 0 spiro atoms. The van der Waals surface area contributed by atoms with Crippen molar-refractivity contribution in [1.29, 1.82) is 0 Å². The average Bonchev–Trinajstić information content (AvgIpc) is 2.14. The number of phenolic OH excluding ortho intramolecular Hbond substituents is 1. The van der Waals surface area contributed by atoms with Gasteiger partial charge in [0.15, 0.2) is 0 Å². The van der Waals surface area contributed by atoms with Crippen LogP contribution in [0.1, 0.15) is 17.2 Å². The molecule has 4 N–H and O–H groups in total. The summed E-state index contributed by atoms with van der Waals surface area (Å²) in [4.78, 5) is 10.6. The summed E-state index contributed by atoms with van der Waals surface area (Å²) in [7, 11) is 0. The zero-order chi connectivity index (χ0) is 13.4. The minimum Gasteiger partial charge on any atom is -0.508 e. The smallest absolute Gasteiger partial charge is 0.416 e. The molecule has 0 amide bonds. The second-order valence-electron chi connectivity index (χ2n) is 3.20. The van der Waals surface area contributed by atoms with Crippen LogP contribution in [-0.2, 0) is 11.0 Å². The molecule has 1 atom stereocenters. The quantitative estimate of drug-likeness (QED) is 0.782. The van der Waals surface area contributed by atoms with Gasteiger partial charge < -0.3 is 15.9 Å². The number of alkyl halides is 3.